The normalized spacial score (nSPS) is 20.1. The maximum atomic E-state index is 13.8. The molecular weight excluding hydrogens is 462 g/mol. The van der Waals surface area contributed by atoms with Crippen LogP contribution in [0.4, 0.5) is 5.69 Å². The Hall–Kier alpha value is -2.22. The third-order valence-corrected chi connectivity index (χ3v) is 8.16. The van der Waals surface area contributed by atoms with Crippen molar-refractivity contribution in [3.05, 3.63) is 40.3 Å². The molecule has 0 aliphatic heterocycles. The number of rotatable bonds is 11. The van der Waals surface area contributed by atoms with Crippen LogP contribution in [0.15, 0.2) is 24.3 Å². The third kappa shape index (κ3) is 6.13. The highest BCUT2D eigenvalue weighted by atomic mass is 32.1. The number of thiophene rings is 1. The first-order valence-corrected chi connectivity index (χ1v) is 13.4. The predicted molar refractivity (Wildman–Crippen MR) is 139 cm³/mol. The summed E-state index contributed by atoms with van der Waals surface area (Å²) in [5, 5.41) is 0.794. The Kier molecular flexibility index (Phi) is 8.63. The van der Waals surface area contributed by atoms with Gasteiger partial charge in [0.1, 0.15) is 5.75 Å². The highest BCUT2D eigenvalue weighted by Gasteiger charge is 2.34. The maximum Gasteiger partial charge on any atom is 0.230 e. The molecule has 6 nitrogen and oxygen atoms in total. The van der Waals surface area contributed by atoms with Crippen LogP contribution in [-0.4, -0.2) is 45.7 Å². The number of aldehydes is 1. The number of benzene rings is 1. The molecule has 0 unspecified atom stereocenters. The van der Waals surface area contributed by atoms with Crippen LogP contribution < -0.4 is 9.64 Å². The first kappa shape index (κ1) is 25.9. The largest absolute Gasteiger partial charge is 0.446 e. The molecule has 1 aromatic carbocycles. The number of nitrogens with zero attached hydrogens (tertiary/aromatic N) is 1. The Labute approximate surface area is 212 Å². The van der Waals surface area contributed by atoms with Gasteiger partial charge in [-0.15, -0.1) is 0 Å². The first-order valence-electron chi connectivity index (χ1n) is 12.6. The van der Waals surface area contributed by atoms with Crippen molar-refractivity contribution >= 4 is 29.2 Å². The topological polar surface area (TPSA) is 65.1 Å². The Balaban J connectivity index is 1.61. The molecule has 1 amide bonds. The van der Waals surface area contributed by atoms with Gasteiger partial charge in [-0.1, -0.05) is 18.3 Å². The van der Waals surface area contributed by atoms with Crippen LogP contribution in [0, 0.1) is 18.8 Å². The van der Waals surface area contributed by atoms with Gasteiger partial charge < -0.3 is 19.1 Å². The molecule has 7 heteroatoms. The molecule has 4 rings (SSSR count). The number of amides is 1. The molecule has 2 aliphatic carbocycles. The van der Waals surface area contributed by atoms with Crippen molar-refractivity contribution in [2.24, 2.45) is 11.8 Å². The molecule has 190 valence electrons. The van der Waals surface area contributed by atoms with Crippen LogP contribution in [0.5, 0.6) is 10.8 Å². The number of carbonyl (C=O) groups is 2. The summed E-state index contributed by atoms with van der Waals surface area (Å²) in [6.07, 6.45) is 7.18. The van der Waals surface area contributed by atoms with E-state index in [1.165, 1.54) is 11.3 Å². The zero-order valence-electron chi connectivity index (χ0n) is 21.2. The van der Waals surface area contributed by atoms with Crippen molar-refractivity contribution in [3.8, 4) is 10.8 Å². The number of aryl methyl sites for hydroxylation is 1. The van der Waals surface area contributed by atoms with E-state index in [4.69, 9.17) is 14.2 Å². The van der Waals surface area contributed by atoms with E-state index in [-0.39, 0.29) is 17.9 Å². The van der Waals surface area contributed by atoms with E-state index < -0.39 is 0 Å². The zero-order chi connectivity index (χ0) is 24.9. The fourth-order valence-corrected chi connectivity index (χ4v) is 6.00. The number of anilines is 1. The quantitative estimate of drug-likeness (QED) is 0.337. The van der Waals surface area contributed by atoms with Crippen molar-refractivity contribution in [2.75, 3.05) is 32.3 Å². The van der Waals surface area contributed by atoms with Crippen LogP contribution >= 0.6 is 11.3 Å². The SMILES string of the molecule is COCC(COC)N(c1ccc(Oc2sc(C=O)cc2C2CC2)cc1C)C(=O)[C@H]1CC[C@H](C)CC1. The molecular formula is C28H37NO5S. The number of methoxy groups -OCH3 is 2. The van der Waals surface area contributed by atoms with E-state index in [0.717, 1.165) is 66.7 Å². The molecule has 2 saturated carbocycles. The van der Waals surface area contributed by atoms with Crippen LogP contribution in [0.1, 0.15) is 72.2 Å². The first-order chi connectivity index (χ1) is 16.9. The lowest BCUT2D eigenvalue weighted by Crippen LogP contribution is -2.49. The Morgan fingerprint density at radius 2 is 1.77 bits per heavy atom. The predicted octanol–water partition coefficient (Wildman–Crippen LogP) is 6.36. The summed E-state index contributed by atoms with van der Waals surface area (Å²) in [7, 11) is 3.31. The molecule has 0 saturated heterocycles. The molecule has 2 fully saturated rings. The monoisotopic (exact) mass is 499 g/mol. The maximum absolute atomic E-state index is 13.8. The molecule has 0 N–H and O–H groups in total. The molecule has 1 aromatic heterocycles. The van der Waals surface area contributed by atoms with Crippen molar-refractivity contribution in [1.29, 1.82) is 0 Å². The second kappa shape index (κ2) is 11.7. The highest BCUT2D eigenvalue weighted by molar-refractivity contribution is 7.15. The van der Waals surface area contributed by atoms with Gasteiger partial charge in [-0.05, 0) is 87.1 Å². The van der Waals surface area contributed by atoms with Crippen LogP contribution in [0.2, 0.25) is 0 Å². The Bertz CT molecular complexity index is 1020. The fourth-order valence-electron chi connectivity index (χ4n) is 5.07. The summed E-state index contributed by atoms with van der Waals surface area (Å²) in [4.78, 5) is 27.8. The average Bonchev–Trinajstić information content (AvgIpc) is 3.61. The molecule has 0 atom stereocenters. The Morgan fingerprint density at radius 3 is 2.34 bits per heavy atom. The lowest BCUT2D eigenvalue weighted by atomic mass is 9.82. The van der Waals surface area contributed by atoms with Gasteiger partial charge in [0, 0.05) is 31.4 Å². The summed E-state index contributed by atoms with van der Waals surface area (Å²) in [5.74, 6) is 2.05. The van der Waals surface area contributed by atoms with Crippen molar-refractivity contribution < 1.29 is 23.8 Å². The number of hydrogen-bond donors (Lipinski definition) is 0. The third-order valence-electron chi connectivity index (χ3n) is 7.20. The summed E-state index contributed by atoms with van der Waals surface area (Å²) in [6, 6.07) is 7.61. The van der Waals surface area contributed by atoms with Gasteiger partial charge in [-0.25, -0.2) is 0 Å². The van der Waals surface area contributed by atoms with Crippen LogP contribution in [0.3, 0.4) is 0 Å². The number of ether oxygens (including phenoxy) is 3. The van der Waals surface area contributed by atoms with Crippen molar-refractivity contribution in [2.45, 2.75) is 64.3 Å². The van der Waals surface area contributed by atoms with Crippen LogP contribution in [0.25, 0.3) is 0 Å². The molecule has 0 spiro atoms. The van der Waals surface area contributed by atoms with Crippen molar-refractivity contribution in [1.82, 2.24) is 0 Å². The van der Waals surface area contributed by atoms with Crippen LogP contribution in [-0.2, 0) is 14.3 Å². The average molecular weight is 500 g/mol. The van der Waals surface area contributed by atoms with E-state index in [9.17, 15) is 9.59 Å². The molecule has 0 bridgehead atoms. The summed E-state index contributed by atoms with van der Waals surface area (Å²) < 4.78 is 17.2. The molecule has 2 aliphatic rings. The molecule has 2 aromatic rings. The smallest absolute Gasteiger partial charge is 0.230 e. The van der Waals surface area contributed by atoms with Gasteiger partial charge in [0.25, 0.3) is 0 Å². The van der Waals surface area contributed by atoms with Gasteiger partial charge in [0.05, 0.1) is 24.1 Å². The Morgan fingerprint density at radius 1 is 1.09 bits per heavy atom. The highest BCUT2D eigenvalue weighted by Crippen LogP contribution is 2.49. The number of carbonyl (C=O) groups excluding carboxylic acids is 2. The van der Waals surface area contributed by atoms with E-state index >= 15 is 0 Å². The second-order valence-electron chi connectivity index (χ2n) is 10.1. The van der Waals surface area contributed by atoms with Gasteiger partial charge in [-0.3, -0.25) is 9.59 Å². The van der Waals surface area contributed by atoms with Gasteiger partial charge >= 0.3 is 0 Å². The van der Waals surface area contributed by atoms with E-state index in [2.05, 4.69) is 6.92 Å². The summed E-state index contributed by atoms with van der Waals surface area (Å²) in [5.41, 5.74) is 2.95. The molecule has 35 heavy (non-hydrogen) atoms. The zero-order valence-corrected chi connectivity index (χ0v) is 22.1. The van der Waals surface area contributed by atoms with Crippen molar-refractivity contribution in [3.63, 3.8) is 0 Å². The minimum Gasteiger partial charge on any atom is -0.446 e. The second-order valence-corrected chi connectivity index (χ2v) is 11.1. The van der Waals surface area contributed by atoms with Gasteiger partial charge in [0.15, 0.2) is 11.3 Å². The van der Waals surface area contributed by atoms with Gasteiger partial charge in [-0.2, -0.15) is 0 Å². The van der Waals surface area contributed by atoms with Gasteiger partial charge in [0.2, 0.25) is 5.91 Å². The molecule has 0 radical (unpaired) electrons. The molecule has 1 heterocycles. The minimum absolute atomic E-state index is 0.0201. The number of hydrogen-bond acceptors (Lipinski definition) is 6. The van der Waals surface area contributed by atoms with E-state index in [1.54, 1.807) is 14.2 Å². The fraction of sp³-hybridized carbons (Fsp3) is 0.571. The lowest BCUT2D eigenvalue weighted by molar-refractivity contribution is -0.124. The van der Waals surface area contributed by atoms with E-state index in [1.807, 2.05) is 36.1 Å². The summed E-state index contributed by atoms with van der Waals surface area (Å²) >= 11 is 1.39. The minimum atomic E-state index is -0.212. The summed E-state index contributed by atoms with van der Waals surface area (Å²) in [6.45, 7) is 5.07. The standard InChI is InChI=1S/C28H37NO5S/c1-18-5-7-21(8-6-18)27(31)29(22(16-32-3)17-33-4)26-12-11-23(13-19(26)2)34-28-25(20-9-10-20)14-24(15-30)35-28/h11-15,18,20-22H,5-10,16-17H2,1-4H3/t18-,21-. The lowest BCUT2D eigenvalue weighted by Gasteiger charge is -2.36. The van der Waals surface area contributed by atoms with E-state index in [0.29, 0.717) is 35.7 Å².